The van der Waals surface area contributed by atoms with Gasteiger partial charge in [-0.3, -0.25) is 4.90 Å². The molecule has 3 aromatic rings. The smallest absolute Gasteiger partial charge is 0.321 e. The van der Waals surface area contributed by atoms with Crippen molar-refractivity contribution in [1.29, 1.82) is 0 Å². The minimum Gasteiger partial charge on any atom is -0.334 e. The fourth-order valence-corrected chi connectivity index (χ4v) is 3.83. The highest BCUT2D eigenvalue weighted by Gasteiger charge is 2.23. The Morgan fingerprint density at radius 1 is 1.03 bits per heavy atom. The molecule has 0 saturated carbocycles. The van der Waals surface area contributed by atoms with E-state index in [4.69, 9.17) is 39.3 Å². The summed E-state index contributed by atoms with van der Waals surface area (Å²) in [6.45, 7) is 3.07. The molecular formula is C20H18Cl3N5O2. The van der Waals surface area contributed by atoms with Gasteiger partial charge >= 0.3 is 6.03 Å². The Morgan fingerprint density at radius 3 is 2.53 bits per heavy atom. The second-order valence-corrected chi connectivity index (χ2v) is 8.06. The van der Waals surface area contributed by atoms with E-state index >= 15 is 0 Å². The first-order valence-electron chi connectivity index (χ1n) is 9.30. The standard InChI is InChI=1S/C20H18Cl3N5O2/c21-13-5-6-17(16(23)11-13)24-20(29)28-9-7-27(8-10-28)12-18-25-19(30-26-18)14-3-1-2-4-15(14)22/h1-6,11H,7-10,12H2,(H,24,29). The normalized spacial score (nSPS) is 14.7. The summed E-state index contributed by atoms with van der Waals surface area (Å²) in [5.41, 5.74) is 1.24. The number of anilines is 1. The Kier molecular flexibility index (Phi) is 6.43. The van der Waals surface area contributed by atoms with Gasteiger partial charge in [0.1, 0.15) is 0 Å². The van der Waals surface area contributed by atoms with E-state index in [1.165, 1.54) is 0 Å². The molecule has 7 nitrogen and oxygen atoms in total. The van der Waals surface area contributed by atoms with E-state index < -0.39 is 0 Å². The molecule has 1 aromatic heterocycles. The van der Waals surface area contributed by atoms with Gasteiger partial charge in [-0.2, -0.15) is 4.98 Å². The van der Waals surface area contributed by atoms with E-state index in [-0.39, 0.29) is 6.03 Å². The molecule has 1 aliphatic rings. The summed E-state index contributed by atoms with van der Waals surface area (Å²) in [7, 11) is 0. The molecule has 0 bridgehead atoms. The molecule has 2 amide bonds. The highest BCUT2D eigenvalue weighted by molar-refractivity contribution is 6.36. The van der Waals surface area contributed by atoms with Crippen molar-refractivity contribution in [2.24, 2.45) is 0 Å². The summed E-state index contributed by atoms with van der Waals surface area (Å²) < 4.78 is 5.35. The van der Waals surface area contributed by atoms with Crippen LogP contribution in [-0.2, 0) is 6.54 Å². The molecule has 0 radical (unpaired) electrons. The van der Waals surface area contributed by atoms with Crippen molar-refractivity contribution in [1.82, 2.24) is 19.9 Å². The summed E-state index contributed by atoms with van der Waals surface area (Å²) in [6, 6.07) is 12.1. The number of benzene rings is 2. The van der Waals surface area contributed by atoms with Gasteiger partial charge in [-0.25, -0.2) is 4.79 Å². The maximum absolute atomic E-state index is 12.5. The minimum absolute atomic E-state index is 0.195. The predicted molar refractivity (Wildman–Crippen MR) is 117 cm³/mol. The van der Waals surface area contributed by atoms with Crippen molar-refractivity contribution in [2.75, 3.05) is 31.5 Å². The second-order valence-electron chi connectivity index (χ2n) is 6.81. The molecular weight excluding hydrogens is 449 g/mol. The number of rotatable bonds is 4. The van der Waals surface area contributed by atoms with Crippen LogP contribution >= 0.6 is 34.8 Å². The van der Waals surface area contributed by atoms with Crippen LogP contribution in [0.4, 0.5) is 10.5 Å². The largest absolute Gasteiger partial charge is 0.334 e. The van der Waals surface area contributed by atoms with Crippen molar-refractivity contribution in [2.45, 2.75) is 6.54 Å². The Bertz CT molecular complexity index is 1050. The fourth-order valence-electron chi connectivity index (χ4n) is 3.16. The number of carbonyl (C=O) groups excluding carboxylic acids is 1. The van der Waals surface area contributed by atoms with Crippen LogP contribution in [0.15, 0.2) is 47.0 Å². The molecule has 2 aromatic carbocycles. The van der Waals surface area contributed by atoms with Gasteiger partial charge in [0, 0.05) is 31.2 Å². The van der Waals surface area contributed by atoms with Crippen LogP contribution in [0.2, 0.25) is 15.1 Å². The molecule has 0 aliphatic carbocycles. The highest BCUT2D eigenvalue weighted by atomic mass is 35.5. The van der Waals surface area contributed by atoms with Gasteiger partial charge in [0.2, 0.25) is 0 Å². The molecule has 0 atom stereocenters. The zero-order valence-corrected chi connectivity index (χ0v) is 18.1. The van der Waals surface area contributed by atoms with Crippen LogP contribution in [0.3, 0.4) is 0 Å². The average Bonchev–Trinajstić information content (AvgIpc) is 3.19. The first-order chi connectivity index (χ1) is 14.5. The van der Waals surface area contributed by atoms with Crippen molar-refractivity contribution in [3.8, 4) is 11.5 Å². The molecule has 0 spiro atoms. The average molecular weight is 467 g/mol. The summed E-state index contributed by atoms with van der Waals surface area (Å²) in [4.78, 5) is 20.9. The van der Waals surface area contributed by atoms with E-state index in [1.807, 2.05) is 18.2 Å². The van der Waals surface area contributed by atoms with Gasteiger partial charge < -0.3 is 14.7 Å². The van der Waals surface area contributed by atoms with Crippen LogP contribution in [0.1, 0.15) is 5.82 Å². The third kappa shape index (κ3) is 4.87. The molecule has 10 heteroatoms. The molecule has 4 rings (SSSR count). The Balaban J connectivity index is 1.31. The number of aromatic nitrogens is 2. The number of piperazine rings is 1. The van der Waals surface area contributed by atoms with Crippen LogP contribution in [0.25, 0.3) is 11.5 Å². The van der Waals surface area contributed by atoms with Crippen molar-refractivity contribution >= 4 is 46.5 Å². The third-order valence-electron chi connectivity index (χ3n) is 4.77. The lowest BCUT2D eigenvalue weighted by Gasteiger charge is -2.34. The fraction of sp³-hybridized carbons (Fsp3) is 0.250. The lowest BCUT2D eigenvalue weighted by atomic mass is 10.2. The summed E-state index contributed by atoms with van der Waals surface area (Å²) in [5.74, 6) is 0.976. The molecule has 156 valence electrons. The van der Waals surface area contributed by atoms with Crippen molar-refractivity contribution in [3.05, 3.63) is 63.4 Å². The zero-order chi connectivity index (χ0) is 21.1. The Labute approximate surface area is 188 Å². The molecule has 1 aliphatic heterocycles. The number of hydrogen-bond acceptors (Lipinski definition) is 5. The lowest BCUT2D eigenvalue weighted by Crippen LogP contribution is -2.49. The maximum atomic E-state index is 12.5. The van der Waals surface area contributed by atoms with Gasteiger partial charge in [0.05, 0.1) is 27.8 Å². The van der Waals surface area contributed by atoms with E-state index in [0.29, 0.717) is 70.8 Å². The van der Waals surface area contributed by atoms with Gasteiger partial charge in [-0.1, -0.05) is 52.1 Å². The van der Waals surface area contributed by atoms with Crippen LogP contribution in [0, 0.1) is 0 Å². The summed E-state index contributed by atoms with van der Waals surface area (Å²) in [5, 5.41) is 8.36. The second kappa shape index (κ2) is 9.22. The molecule has 1 N–H and O–H groups in total. The summed E-state index contributed by atoms with van der Waals surface area (Å²) in [6.07, 6.45) is 0. The van der Waals surface area contributed by atoms with E-state index in [2.05, 4.69) is 20.4 Å². The van der Waals surface area contributed by atoms with E-state index in [9.17, 15) is 4.79 Å². The monoisotopic (exact) mass is 465 g/mol. The molecule has 30 heavy (non-hydrogen) atoms. The molecule has 1 fully saturated rings. The number of amides is 2. The van der Waals surface area contributed by atoms with Gasteiger partial charge in [0.25, 0.3) is 5.89 Å². The van der Waals surface area contributed by atoms with E-state index in [1.54, 1.807) is 29.2 Å². The summed E-state index contributed by atoms with van der Waals surface area (Å²) >= 11 is 18.2. The molecule has 2 heterocycles. The Hall–Kier alpha value is -2.32. The van der Waals surface area contributed by atoms with Crippen LogP contribution in [0.5, 0.6) is 0 Å². The Morgan fingerprint density at radius 2 is 1.80 bits per heavy atom. The van der Waals surface area contributed by atoms with Gasteiger partial charge in [-0.15, -0.1) is 0 Å². The van der Waals surface area contributed by atoms with Crippen LogP contribution < -0.4 is 5.32 Å². The molecule has 1 saturated heterocycles. The number of hydrogen-bond donors (Lipinski definition) is 1. The van der Waals surface area contributed by atoms with Crippen molar-refractivity contribution < 1.29 is 9.32 Å². The third-order valence-corrected chi connectivity index (χ3v) is 5.65. The van der Waals surface area contributed by atoms with Gasteiger partial charge in [-0.05, 0) is 30.3 Å². The quantitative estimate of drug-likeness (QED) is 0.582. The SMILES string of the molecule is O=C(Nc1ccc(Cl)cc1Cl)N1CCN(Cc2noc(-c3ccccc3Cl)n2)CC1. The van der Waals surface area contributed by atoms with Crippen LogP contribution in [-0.4, -0.2) is 52.2 Å². The number of nitrogens with zero attached hydrogens (tertiary/aromatic N) is 4. The van der Waals surface area contributed by atoms with Gasteiger partial charge in [0.15, 0.2) is 5.82 Å². The van der Waals surface area contributed by atoms with E-state index in [0.717, 1.165) is 0 Å². The number of halogens is 3. The lowest BCUT2D eigenvalue weighted by molar-refractivity contribution is 0.140. The number of nitrogens with one attached hydrogen (secondary N) is 1. The zero-order valence-electron chi connectivity index (χ0n) is 15.8. The number of carbonyl (C=O) groups is 1. The highest BCUT2D eigenvalue weighted by Crippen LogP contribution is 2.27. The first kappa shape index (κ1) is 20.9. The van der Waals surface area contributed by atoms with Crippen molar-refractivity contribution in [3.63, 3.8) is 0 Å². The minimum atomic E-state index is -0.195. The predicted octanol–water partition coefficient (Wildman–Crippen LogP) is 5.05. The first-order valence-corrected chi connectivity index (χ1v) is 10.4. The molecule has 0 unspecified atom stereocenters. The number of urea groups is 1. The maximum Gasteiger partial charge on any atom is 0.321 e. The topological polar surface area (TPSA) is 74.5 Å².